The largest absolute Gasteiger partial charge is 0.392 e. The lowest BCUT2D eigenvalue weighted by Gasteiger charge is -2.28. The van der Waals surface area contributed by atoms with Gasteiger partial charge in [0.25, 0.3) is 0 Å². The molecule has 1 aromatic rings. The average Bonchev–Trinajstić information content (AvgIpc) is 2.33. The minimum Gasteiger partial charge on any atom is -0.392 e. The van der Waals surface area contributed by atoms with Crippen LogP contribution in [0.2, 0.25) is 0 Å². The molecule has 0 spiro atoms. The second-order valence-corrected chi connectivity index (χ2v) is 6.52. The van der Waals surface area contributed by atoms with E-state index in [4.69, 9.17) is 0 Å². The molecule has 0 heterocycles. The molecule has 1 aliphatic rings. The van der Waals surface area contributed by atoms with Crippen LogP contribution in [0.3, 0.4) is 0 Å². The molecule has 3 nitrogen and oxygen atoms in total. The molecule has 0 saturated carbocycles. The second-order valence-electron chi connectivity index (χ2n) is 4.41. The van der Waals surface area contributed by atoms with Gasteiger partial charge >= 0.3 is 0 Å². The summed E-state index contributed by atoms with van der Waals surface area (Å²) < 4.78 is 24.8. The predicted octanol–water partition coefficient (Wildman–Crippen LogP) is 1.79. The van der Waals surface area contributed by atoms with Crippen LogP contribution in [0.25, 0.3) is 0 Å². The van der Waals surface area contributed by atoms with Crippen molar-refractivity contribution >= 4 is 9.84 Å². The third-order valence-electron chi connectivity index (χ3n) is 3.26. The molecule has 17 heavy (non-hydrogen) atoms. The predicted molar refractivity (Wildman–Crippen MR) is 66.3 cm³/mol. The molecule has 0 radical (unpaired) electrons. The fourth-order valence-corrected chi connectivity index (χ4v) is 4.03. The maximum atomic E-state index is 12.4. The van der Waals surface area contributed by atoms with Gasteiger partial charge in [0.1, 0.15) is 0 Å². The van der Waals surface area contributed by atoms with Crippen LogP contribution in [0.4, 0.5) is 0 Å². The summed E-state index contributed by atoms with van der Waals surface area (Å²) in [6, 6.07) is 8.39. The summed E-state index contributed by atoms with van der Waals surface area (Å²) in [6.07, 6.45) is 3.39. The van der Waals surface area contributed by atoms with E-state index in [1.165, 1.54) is 0 Å². The van der Waals surface area contributed by atoms with Gasteiger partial charge in [0.05, 0.1) is 16.2 Å². The molecule has 0 saturated heterocycles. The van der Waals surface area contributed by atoms with Crippen LogP contribution in [0.1, 0.15) is 13.3 Å². The third kappa shape index (κ3) is 2.28. The Morgan fingerprint density at radius 3 is 2.53 bits per heavy atom. The number of aliphatic hydroxyl groups is 1. The van der Waals surface area contributed by atoms with E-state index in [9.17, 15) is 13.5 Å². The quantitative estimate of drug-likeness (QED) is 0.816. The van der Waals surface area contributed by atoms with Crippen molar-refractivity contribution in [3.8, 4) is 0 Å². The van der Waals surface area contributed by atoms with E-state index >= 15 is 0 Å². The Morgan fingerprint density at radius 1 is 1.24 bits per heavy atom. The molecular weight excluding hydrogens is 236 g/mol. The van der Waals surface area contributed by atoms with Gasteiger partial charge in [0, 0.05) is 5.92 Å². The van der Waals surface area contributed by atoms with Crippen molar-refractivity contribution < 1.29 is 13.5 Å². The van der Waals surface area contributed by atoms with E-state index in [1.54, 1.807) is 49.4 Å². The van der Waals surface area contributed by atoms with Crippen LogP contribution in [0.5, 0.6) is 0 Å². The molecule has 2 rings (SSSR count). The van der Waals surface area contributed by atoms with Crippen LogP contribution in [-0.4, -0.2) is 24.9 Å². The molecule has 92 valence electrons. The highest BCUT2D eigenvalue weighted by Gasteiger charge is 2.35. The van der Waals surface area contributed by atoms with E-state index in [-0.39, 0.29) is 5.92 Å². The lowest BCUT2D eigenvalue weighted by Crippen LogP contribution is -2.36. The molecular formula is C13H16O3S. The van der Waals surface area contributed by atoms with Crippen LogP contribution in [-0.2, 0) is 9.84 Å². The minimum atomic E-state index is -3.39. The molecule has 4 heteroatoms. The zero-order chi connectivity index (χ0) is 12.5. The van der Waals surface area contributed by atoms with Crippen LogP contribution in [0, 0.1) is 5.92 Å². The van der Waals surface area contributed by atoms with Crippen molar-refractivity contribution in [2.75, 3.05) is 0 Å². The summed E-state index contributed by atoms with van der Waals surface area (Å²) in [5.41, 5.74) is 0. The summed E-state index contributed by atoms with van der Waals surface area (Å²) in [6.45, 7) is 1.78. The average molecular weight is 252 g/mol. The van der Waals surface area contributed by atoms with Gasteiger partial charge in [0.2, 0.25) is 0 Å². The molecule has 1 aromatic carbocycles. The first-order chi connectivity index (χ1) is 8.03. The Labute approximate surface area is 102 Å². The Hall–Kier alpha value is -1.13. The second kappa shape index (κ2) is 4.63. The van der Waals surface area contributed by atoms with Gasteiger partial charge in [-0.05, 0) is 18.6 Å². The van der Waals surface area contributed by atoms with Crippen molar-refractivity contribution in [3.63, 3.8) is 0 Å². The maximum absolute atomic E-state index is 12.4. The summed E-state index contributed by atoms with van der Waals surface area (Å²) in [7, 11) is -3.39. The Balaban J connectivity index is 2.40. The van der Waals surface area contributed by atoms with Gasteiger partial charge in [-0.25, -0.2) is 8.42 Å². The lowest BCUT2D eigenvalue weighted by atomic mass is 9.93. The van der Waals surface area contributed by atoms with Crippen LogP contribution in [0.15, 0.2) is 47.4 Å². The SMILES string of the molecule is C[C@@H]1C(S(=O)(=O)c2ccccc2)C=CC[C@@H]1O. The van der Waals surface area contributed by atoms with Gasteiger partial charge in [-0.2, -0.15) is 0 Å². The fraction of sp³-hybridized carbons (Fsp3) is 0.385. The van der Waals surface area contributed by atoms with E-state index in [0.29, 0.717) is 11.3 Å². The summed E-state index contributed by atoms with van der Waals surface area (Å²) in [4.78, 5) is 0.315. The number of rotatable bonds is 2. The number of sulfone groups is 1. The Morgan fingerprint density at radius 2 is 1.88 bits per heavy atom. The molecule has 0 aromatic heterocycles. The first kappa shape index (κ1) is 12.3. The van der Waals surface area contributed by atoms with Gasteiger partial charge in [-0.1, -0.05) is 37.3 Å². The van der Waals surface area contributed by atoms with Crippen LogP contribution >= 0.6 is 0 Å². The molecule has 1 unspecified atom stereocenters. The van der Waals surface area contributed by atoms with E-state index in [0.717, 1.165) is 0 Å². The maximum Gasteiger partial charge on any atom is 0.185 e. The molecule has 3 atom stereocenters. The van der Waals surface area contributed by atoms with Gasteiger partial charge in [-0.15, -0.1) is 0 Å². The molecule has 0 amide bonds. The van der Waals surface area contributed by atoms with E-state index in [2.05, 4.69) is 0 Å². The molecule has 0 fully saturated rings. The highest BCUT2D eigenvalue weighted by atomic mass is 32.2. The molecule has 1 aliphatic carbocycles. The lowest BCUT2D eigenvalue weighted by molar-refractivity contribution is 0.116. The normalized spacial score (nSPS) is 29.2. The standard InChI is InChI=1S/C13H16O3S/c1-10-12(14)8-5-9-13(10)17(15,16)11-6-3-2-4-7-11/h2-7,9-10,12-14H,8H2,1H3/t10-,12-,13?/m0/s1. The molecule has 0 bridgehead atoms. The van der Waals surface area contributed by atoms with Crippen molar-refractivity contribution in [3.05, 3.63) is 42.5 Å². The van der Waals surface area contributed by atoms with Crippen molar-refractivity contribution in [2.24, 2.45) is 5.92 Å². The zero-order valence-electron chi connectivity index (χ0n) is 9.65. The number of aliphatic hydroxyl groups excluding tert-OH is 1. The topological polar surface area (TPSA) is 54.4 Å². The first-order valence-electron chi connectivity index (χ1n) is 5.67. The first-order valence-corrected chi connectivity index (χ1v) is 7.22. The number of benzene rings is 1. The third-order valence-corrected chi connectivity index (χ3v) is 5.49. The van der Waals surface area contributed by atoms with Crippen molar-refractivity contribution in [2.45, 2.75) is 29.6 Å². The summed E-state index contributed by atoms with van der Waals surface area (Å²) in [5, 5.41) is 9.11. The highest BCUT2D eigenvalue weighted by molar-refractivity contribution is 7.92. The number of hydrogen-bond donors (Lipinski definition) is 1. The van der Waals surface area contributed by atoms with E-state index in [1.807, 2.05) is 0 Å². The van der Waals surface area contributed by atoms with E-state index < -0.39 is 21.2 Å². The monoisotopic (exact) mass is 252 g/mol. The van der Waals surface area contributed by atoms with Crippen molar-refractivity contribution in [1.29, 1.82) is 0 Å². The fourth-order valence-electron chi connectivity index (χ4n) is 2.11. The van der Waals surface area contributed by atoms with Gasteiger partial charge in [-0.3, -0.25) is 0 Å². The number of hydrogen-bond acceptors (Lipinski definition) is 3. The smallest absolute Gasteiger partial charge is 0.185 e. The van der Waals surface area contributed by atoms with Gasteiger partial charge in [0.15, 0.2) is 9.84 Å². The minimum absolute atomic E-state index is 0.273. The van der Waals surface area contributed by atoms with Crippen molar-refractivity contribution in [1.82, 2.24) is 0 Å². The van der Waals surface area contributed by atoms with Crippen LogP contribution < -0.4 is 0 Å². The summed E-state index contributed by atoms with van der Waals surface area (Å²) in [5.74, 6) is -0.273. The highest BCUT2D eigenvalue weighted by Crippen LogP contribution is 2.29. The Bertz CT molecular complexity index is 505. The molecule has 0 aliphatic heterocycles. The molecule has 1 N–H and O–H groups in total. The summed E-state index contributed by atoms with van der Waals surface area (Å²) >= 11 is 0. The Kier molecular flexibility index (Phi) is 3.35. The van der Waals surface area contributed by atoms with Gasteiger partial charge < -0.3 is 5.11 Å². The zero-order valence-corrected chi connectivity index (χ0v) is 10.5.